The number of hydrogen-bond donors (Lipinski definition) is 0. The topological polar surface area (TPSA) is 59.1 Å². The molecule has 1 aliphatic heterocycles. The fourth-order valence-electron chi connectivity index (χ4n) is 7.11. The van der Waals surface area contributed by atoms with E-state index >= 15 is 0 Å². The number of benzene rings is 1. The fraction of sp³-hybridized carbons (Fsp3) is 0.655. The van der Waals surface area contributed by atoms with E-state index in [-0.39, 0.29) is 28.9 Å². The van der Waals surface area contributed by atoms with Crippen molar-refractivity contribution in [2.45, 2.75) is 90.2 Å². The molecule has 35 heavy (non-hydrogen) atoms. The van der Waals surface area contributed by atoms with Crippen LogP contribution in [0.3, 0.4) is 0 Å². The summed E-state index contributed by atoms with van der Waals surface area (Å²) in [4.78, 5) is 30.0. The van der Waals surface area contributed by atoms with Crippen molar-refractivity contribution in [3.05, 3.63) is 48.6 Å². The Balaban J connectivity index is 1.64. The lowest BCUT2D eigenvalue weighted by Gasteiger charge is -2.54. The number of fused-ring (bicyclic) bond motifs is 3. The molecule has 1 spiro atoms. The van der Waals surface area contributed by atoms with Crippen molar-refractivity contribution in [2.24, 2.45) is 16.7 Å². The molecule has 1 aromatic rings. The third-order valence-electron chi connectivity index (χ3n) is 9.59. The molecule has 2 saturated carbocycles. The van der Waals surface area contributed by atoms with Crippen LogP contribution in [0.25, 0.3) is 0 Å². The Labute approximate surface area is 210 Å². The first kappa shape index (κ1) is 25.7. The maximum Gasteiger partial charge on any atom is 0.412 e. The summed E-state index contributed by atoms with van der Waals surface area (Å²) in [5.74, 6) is 0.474. The van der Waals surface area contributed by atoms with Gasteiger partial charge in [-0.3, -0.25) is 9.69 Å². The van der Waals surface area contributed by atoms with Gasteiger partial charge in [0.05, 0.1) is 5.60 Å². The van der Waals surface area contributed by atoms with Gasteiger partial charge in [0.25, 0.3) is 0 Å². The van der Waals surface area contributed by atoms with E-state index in [2.05, 4.69) is 27.4 Å². The predicted octanol–water partition coefficient (Wildman–Crippen LogP) is 5.77. The van der Waals surface area contributed by atoms with Gasteiger partial charge < -0.3 is 14.4 Å². The highest BCUT2D eigenvalue weighted by molar-refractivity contribution is 5.85. The van der Waals surface area contributed by atoms with Crippen LogP contribution in [0.5, 0.6) is 0 Å². The van der Waals surface area contributed by atoms with Gasteiger partial charge in [-0.1, -0.05) is 57.2 Å². The van der Waals surface area contributed by atoms with Crippen LogP contribution in [0, 0.1) is 16.7 Å². The van der Waals surface area contributed by atoms with Crippen molar-refractivity contribution in [1.29, 1.82) is 0 Å². The van der Waals surface area contributed by atoms with Gasteiger partial charge in [0.1, 0.15) is 18.9 Å². The van der Waals surface area contributed by atoms with E-state index in [0.29, 0.717) is 18.8 Å². The average molecular weight is 483 g/mol. The molecule has 0 radical (unpaired) electrons. The number of amides is 2. The average Bonchev–Trinajstić information content (AvgIpc) is 3.15. The summed E-state index contributed by atoms with van der Waals surface area (Å²) in [5, 5.41) is 0. The van der Waals surface area contributed by atoms with Gasteiger partial charge in [-0.25, -0.2) is 4.79 Å². The van der Waals surface area contributed by atoms with Gasteiger partial charge in [0, 0.05) is 19.5 Å². The number of hydrogen-bond acceptors (Lipinski definition) is 4. The summed E-state index contributed by atoms with van der Waals surface area (Å²) in [6, 6.07) is 8.90. The van der Waals surface area contributed by atoms with Crippen LogP contribution in [0.2, 0.25) is 0 Å². The maximum atomic E-state index is 13.6. The third-order valence-corrected chi connectivity index (χ3v) is 9.59. The lowest BCUT2D eigenvalue weighted by Crippen LogP contribution is -2.60. The minimum atomic E-state index is -0.717. The second-order valence-electron chi connectivity index (χ2n) is 11.7. The number of carbonyl (C=O) groups is 2. The molecule has 2 bridgehead atoms. The number of nitrogens with zero attached hydrogens (tertiary/aromatic N) is 2. The first-order chi connectivity index (χ1) is 16.6. The van der Waals surface area contributed by atoms with Crippen molar-refractivity contribution in [3.8, 4) is 0 Å². The number of likely N-dealkylation sites (N-methyl/N-ethyl adjacent to an activating group) is 1. The van der Waals surface area contributed by atoms with E-state index in [1.165, 1.54) is 11.3 Å². The van der Waals surface area contributed by atoms with Crippen molar-refractivity contribution >= 4 is 12.0 Å². The predicted molar refractivity (Wildman–Crippen MR) is 136 cm³/mol. The Morgan fingerprint density at radius 1 is 1.17 bits per heavy atom. The highest BCUT2D eigenvalue weighted by atomic mass is 16.6. The highest BCUT2D eigenvalue weighted by Crippen LogP contribution is 2.72. The van der Waals surface area contributed by atoms with Gasteiger partial charge in [-0.2, -0.15) is 0 Å². The molecule has 0 unspecified atom stereocenters. The molecule has 6 heteroatoms. The zero-order valence-corrected chi connectivity index (χ0v) is 22.1. The summed E-state index contributed by atoms with van der Waals surface area (Å²) < 4.78 is 12.8. The van der Waals surface area contributed by atoms with Crippen LogP contribution in [-0.4, -0.2) is 53.8 Å². The summed E-state index contributed by atoms with van der Waals surface area (Å²) in [6.45, 7) is 11.2. The molecular formula is C29H42N2O4. The van der Waals surface area contributed by atoms with Crippen molar-refractivity contribution in [2.75, 3.05) is 14.1 Å². The van der Waals surface area contributed by atoms with Crippen molar-refractivity contribution < 1.29 is 19.1 Å². The van der Waals surface area contributed by atoms with Crippen LogP contribution in [0.15, 0.2) is 43.0 Å². The molecule has 3 aliphatic rings. The fourth-order valence-corrected chi connectivity index (χ4v) is 7.11. The third kappa shape index (κ3) is 4.28. The number of carbonyl (C=O) groups excluding carboxylic acids is 2. The number of rotatable bonds is 7. The van der Waals surface area contributed by atoms with Crippen LogP contribution in [0.1, 0.15) is 71.3 Å². The molecule has 1 aromatic carbocycles. The van der Waals surface area contributed by atoms with Gasteiger partial charge in [0.15, 0.2) is 0 Å². The van der Waals surface area contributed by atoms with Gasteiger partial charge >= 0.3 is 6.09 Å². The summed E-state index contributed by atoms with van der Waals surface area (Å²) in [6.07, 6.45) is 7.08. The zero-order chi connectivity index (χ0) is 25.4. The Hall–Kier alpha value is -2.34. The van der Waals surface area contributed by atoms with Crippen LogP contribution >= 0.6 is 0 Å². The Morgan fingerprint density at radius 2 is 1.89 bits per heavy atom. The molecule has 4 rings (SSSR count). The number of ether oxygens (including phenoxy) is 2. The smallest absolute Gasteiger partial charge is 0.412 e. The molecule has 2 amide bonds. The molecule has 192 valence electrons. The summed E-state index contributed by atoms with van der Waals surface area (Å²) in [7, 11) is 3.43. The van der Waals surface area contributed by atoms with E-state index < -0.39 is 18.4 Å². The quantitative estimate of drug-likeness (QED) is 0.463. The van der Waals surface area contributed by atoms with Crippen LogP contribution < -0.4 is 0 Å². The Bertz CT molecular complexity index is 945. The van der Waals surface area contributed by atoms with E-state index in [0.717, 1.165) is 31.2 Å². The molecular weight excluding hydrogens is 440 g/mol. The molecule has 2 aliphatic carbocycles. The minimum Gasteiger partial charge on any atom is -0.444 e. The van der Waals surface area contributed by atoms with Crippen LogP contribution in [0.4, 0.5) is 4.79 Å². The van der Waals surface area contributed by atoms with Crippen molar-refractivity contribution in [1.82, 2.24) is 9.80 Å². The molecule has 5 atom stereocenters. The maximum absolute atomic E-state index is 13.6. The highest BCUT2D eigenvalue weighted by Gasteiger charge is 2.70. The van der Waals surface area contributed by atoms with E-state index in [1.54, 1.807) is 25.1 Å². The first-order valence-electron chi connectivity index (χ1n) is 13.1. The molecule has 1 saturated heterocycles. The van der Waals surface area contributed by atoms with E-state index in [4.69, 9.17) is 9.47 Å². The lowest BCUT2D eigenvalue weighted by atomic mass is 9.62. The van der Waals surface area contributed by atoms with Crippen molar-refractivity contribution in [3.63, 3.8) is 0 Å². The minimum absolute atomic E-state index is 0.0441. The van der Waals surface area contributed by atoms with Gasteiger partial charge in [-0.05, 0) is 61.8 Å². The SMILES string of the molecule is C=CC[C@H](C(=O)N(C)C)N(C(=O)OCc1ccccc1)[C@H]1CCC[C@]2(C[C@H]3CC[C@]2(C)C3(C)C)O1. The standard InChI is InChI=1S/C29H42N2O4/c1-7-12-23(25(32)30(5)6)31(26(33)34-20-21-13-9-8-10-14-21)24-15-11-17-29(35-24)19-22-16-18-28(29,4)27(22,2)3/h7-10,13-14,22-24H,1,11-12,15-20H2,2-6H3/t22-,23-,24-,28-,29-/m1/s1. The zero-order valence-electron chi connectivity index (χ0n) is 22.1. The molecule has 0 aromatic heterocycles. The molecule has 1 heterocycles. The van der Waals surface area contributed by atoms with E-state index in [1.807, 2.05) is 30.3 Å². The summed E-state index contributed by atoms with van der Waals surface area (Å²) >= 11 is 0. The Morgan fingerprint density at radius 3 is 2.46 bits per heavy atom. The second-order valence-corrected chi connectivity index (χ2v) is 11.7. The van der Waals surface area contributed by atoms with Gasteiger partial charge in [0.2, 0.25) is 5.91 Å². The molecule has 6 nitrogen and oxygen atoms in total. The monoisotopic (exact) mass is 482 g/mol. The molecule has 3 fully saturated rings. The second kappa shape index (κ2) is 9.61. The lowest BCUT2D eigenvalue weighted by molar-refractivity contribution is -0.234. The van der Waals surface area contributed by atoms with Crippen LogP contribution in [-0.2, 0) is 20.9 Å². The van der Waals surface area contributed by atoms with Gasteiger partial charge in [-0.15, -0.1) is 6.58 Å². The largest absolute Gasteiger partial charge is 0.444 e. The Kier molecular flexibility index (Phi) is 7.07. The summed E-state index contributed by atoms with van der Waals surface area (Å²) in [5.41, 5.74) is 0.860. The molecule has 0 N–H and O–H groups in total. The normalized spacial score (nSPS) is 31.7. The first-order valence-corrected chi connectivity index (χ1v) is 13.1. The van der Waals surface area contributed by atoms with E-state index in [9.17, 15) is 9.59 Å².